The van der Waals surface area contributed by atoms with Crippen LogP contribution in [0.2, 0.25) is 0 Å². The van der Waals surface area contributed by atoms with Crippen LogP contribution in [0.5, 0.6) is 0 Å². The maximum Gasteiger partial charge on any atom is 0.327 e. The molecule has 118 valence electrons. The highest BCUT2D eigenvalue weighted by atomic mass is 32.2. The summed E-state index contributed by atoms with van der Waals surface area (Å²) in [6.45, 7) is 1.69. The normalized spacial score (nSPS) is 14.7. The lowest BCUT2D eigenvalue weighted by Crippen LogP contribution is -2.49. The van der Waals surface area contributed by atoms with Crippen molar-refractivity contribution in [1.29, 1.82) is 0 Å². The Morgan fingerprint density at radius 3 is 2.38 bits per heavy atom. The highest BCUT2D eigenvalue weighted by Gasteiger charge is 2.34. The second kappa shape index (κ2) is 7.51. The molecule has 0 saturated heterocycles. The average Bonchev–Trinajstić information content (AvgIpc) is 2.45. The molecular formula is C13H20N2O5S. The summed E-state index contributed by atoms with van der Waals surface area (Å²) in [4.78, 5) is 11.9. The number of aliphatic hydroxyl groups excluding tert-OH is 1. The van der Waals surface area contributed by atoms with Crippen LogP contribution in [0.25, 0.3) is 0 Å². The van der Waals surface area contributed by atoms with E-state index in [1.54, 1.807) is 37.3 Å². The molecule has 21 heavy (non-hydrogen) atoms. The summed E-state index contributed by atoms with van der Waals surface area (Å²) in [7, 11) is -1.25. The van der Waals surface area contributed by atoms with Crippen molar-refractivity contribution in [2.45, 2.75) is 19.1 Å². The van der Waals surface area contributed by atoms with Gasteiger partial charge in [-0.2, -0.15) is 17.4 Å². The quantitative estimate of drug-likeness (QED) is 0.693. The number of nitrogens with one attached hydrogen (secondary N) is 1. The lowest BCUT2D eigenvalue weighted by Gasteiger charge is -2.24. The molecule has 0 aliphatic carbocycles. The van der Waals surface area contributed by atoms with Crippen LogP contribution in [-0.4, -0.2) is 50.5 Å². The number of nitrogens with zero attached hydrogens (tertiary/aromatic N) is 1. The Bertz CT molecular complexity index is 559. The molecule has 1 rings (SSSR count). The van der Waals surface area contributed by atoms with Crippen molar-refractivity contribution in [3.63, 3.8) is 0 Å². The summed E-state index contributed by atoms with van der Waals surface area (Å²) in [6, 6.07) is 6.89. The van der Waals surface area contributed by atoms with Gasteiger partial charge in [0, 0.05) is 14.1 Å². The van der Waals surface area contributed by atoms with Crippen LogP contribution in [0, 0.1) is 0 Å². The zero-order valence-corrected chi connectivity index (χ0v) is 13.0. The first-order valence-electron chi connectivity index (χ1n) is 6.39. The first-order valence-corrected chi connectivity index (χ1v) is 7.83. The number of carbonyl (C=O) groups excluding carboxylic acids is 1. The minimum atomic E-state index is -3.89. The van der Waals surface area contributed by atoms with E-state index in [1.165, 1.54) is 14.1 Å². The van der Waals surface area contributed by atoms with Crippen molar-refractivity contribution in [3.8, 4) is 0 Å². The van der Waals surface area contributed by atoms with Crippen molar-refractivity contribution < 1.29 is 23.1 Å². The number of ether oxygens (including phenoxy) is 1. The average molecular weight is 316 g/mol. The van der Waals surface area contributed by atoms with Gasteiger partial charge in [-0.1, -0.05) is 30.3 Å². The highest BCUT2D eigenvalue weighted by Crippen LogP contribution is 2.18. The third-order valence-corrected chi connectivity index (χ3v) is 4.27. The van der Waals surface area contributed by atoms with E-state index >= 15 is 0 Å². The number of rotatable bonds is 7. The van der Waals surface area contributed by atoms with Gasteiger partial charge in [0.2, 0.25) is 0 Å². The monoisotopic (exact) mass is 316 g/mol. The molecule has 2 unspecified atom stereocenters. The van der Waals surface area contributed by atoms with Crippen LogP contribution >= 0.6 is 0 Å². The topological polar surface area (TPSA) is 95.9 Å². The van der Waals surface area contributed by atoms with Crippen molar-refractivity contribution in [2.75, 3.05) is 20.7 Å². The van der Waals surface area contributed by atoms with Crippen molar-refractivity contribution >= 4 is 16.2 Å². The molecule has 8 heteroatoms. The standard InChI is InChI=1S/C13H20N2O5S/c1-4-20-13(17)11(14-21(18,19)15(2)3)12(16)10-8-6-5-7-9-10/h5-9,11-12,14,16H,4H2,1-3H3. The Morgan fingerprint density at radius 2 is 1.90 bits per heavy atom. The van der Waals surface area contributed by atoms with Gasteiger partial charge in [-0.15, -0.1) is 0 Å². The van der Waals surface area contributed by atoms with Gasteiger partial charge >= 0.3 is 5.97 Å². The van der Waals surface area contributed by atoms with E-state index in [4.69, 9.17) is 4.74 Å². The summed E-state index contributed by atoms with van der Waals surface area (Å²) < 4.78 is 31.7. The fourth-order valence-electron chi connectivity index (χ4n) is 1.58. The predicted octanol–water partition coefficient (Wildman–Crippen LogP) is 0.0477. The summed E-state index contributed by atoms with van der Waals surface area (Å²) in [6.07, 6.45) is -1.35. The first-order chi connectivity index (χ1) is 9.79. The van der Waals surface area contributed by atoms with Crippen LogP contribution in [0.1, 0.15) is 18.6 Å². The van der Waals surface area contributed by atoms with E-state index in [0.29, 0.717) is 5.56 Å². The molecule has 0 amide bonds. The van der Waals surface area contributed by atoms with Gasteiger partial charge in [-0.05, 0) is 12.5 Å². The van der Waals surface area contributed by atoms with E-state index in [1.807, 2.05) is 0 Å². The van der Waals surface area contributed by atoms with E-state index in [2.05, 4.69) is 4.72 Å². The SMILES string of the molecule is CCOC(=O)C(NS(=O)(=O)N(C)C)C(O)c1ccccc1. The van der Waals surface area contributed by atoms with Crippen LogP contribution in [0.4, 0.5) is 0 Å². The molecular weight excluding hydrogens is 296 g/mol. The Balaban J connectivity index is 3.06. The van der Waals surface area contributed by atoms with Crippen molar-refractivity contribution in [3.05, 3.63) is 35.9 Å². The first kappa shape index (κ1) is 17.6. The summed E-state index contributed by atoms with van der Waals surface area (Å²) in [5.41, 5.74) is 0.414. The Labute approximate surface area is 124 Å². The molecule has 0 aromatic heterocycles. The van der Waals surface area contributed by atoms with Gasteiger partial charge in [0.15, 0.2) is 6.04 Å². The number of carbonyl (C=O) groups is 1. The zero-order chi connectivity index (χ0) is 16.0. The van der Waals surface area contributed by atoms with Gasteiger partial charge in [-0.3, -0.25) is 4.79 Å². The smallest absolute Gasteiger partial charge is 0.327 e. The zero-order valence-electron chi connectivity index (χ0n) is 12.2. The number of aliphatic hydroxyl groups is 1. The number of benzene rings is 1. The van der Waals surface area contributed by atoms with E-state index in [-0.39, 0.29) is 6.61 Å². The fraction of sp³-hybridized carbons (Fsp3) is 0.462. The largest absolute Gasteiger partial charge is 0.465 e. The van der Waals surface area contributed by atoms with Gasteiger partial charge in [0.1, 0.15) is 6.10 Å². The predicted molar refractivity (Wildman–Crippen MR) is 77.6 cm³/mol. The maximum absolute atomic E-state index is 11.9. The van der Waals surface area contributed by atoms with Gasteiger partial charge in [0.05, 0.1) is 6.61 Å². The second-order valence-electron chi connectivity index (χ2n) is 4.49. The molecule has 0 fully saturated rings. The van der Waals surface area contributed by atoms with Gasteiger partial charge in [0.25, 0.3) is 10.2 Å². The highest BCUT2D eigenvalue weighted by molar-refractivity contribution is 7.87. The molecule has 0 heterocycles. The van der Waals surface area contributed by atoms with Crippen molar-refractivity contribution in [2.24, 2.45) is 0 Å². The lowest BCUT2D eigenvalue weighted by molar-refractivity contribution is -0.148. The maximum atomic E-state index is 11.9. The molecule has 0 aliphatic rings. The van der Waals surface area contributed by atoms with Crippen LogP contribution < -0.4 is 4.72 Å². The molecule has 0 bridgehead atoms. The Kier molecular flexibility index (Phi) is 6.28. The molecule has 2 atom stereocenters. The Morgan fingerprint density at radius 1 is 1.33 bits per heavy atom. The van der Waals surface area contributed by atoms with E-state index < -0.39 is 28.3 Å². The van der Waals surface area contributed by atoms with Gasteiger partial charge < -0.3 is 9.84 Å². The third-order valence-electron chi connectivity index (χ3n) is 2.75. The lowest BCUT2D eigenvalue weighted by atomic mass is 10.0. The number of hydrogen-bond acceptors (Lipinski definition) is 5. The molecule has 2 N–H and O–H groups in total. The summed E-state index contributed by atoms with van der Waals surface area (Å²) in [5, 5.41) is 10.3. The molecule has 1 aromatic rings. The van der Waals surface area contributed by atoms with Crippen LogP contribution in [0.15, 0.2) is 30.3 Å². The molecule has 0 aliphatic heterocycles. The molecule has 7 nitrogen and oxygen atoms in total. The number of hydrogen-bond donors (Lipinski definition) is 2. The van der Waals surface area contributed by atoms with E-state index in [9.17, 15) is 18.3 Å². The minimum absolute atomic E-state index is 0.0839. The fourth-order valence-corrected chi connectivity index (χ4v) is 2.34. The molecule has 0 radical (unpaired) electrons. The third kappa shape index (κ3) is 4.78. The summed E-state index contributed by atoms with van der Waals surface area (Å²) in [5.74, 6) is -0.834. The molecule has 0 saturated carbocycles. The number of esters is 1. The minimum Gasteiger partial charge on any atom is -0.465 e. The molecule has 1 aromatic carbocycles. The van der Waals surface area contributed by atoms with Gasteiger partial charge in [-0.25, -0.2) is 0 Å². The van der Waals surface area contributed by atoms with Crippen LogP contribution in [0.3, 0.4) is 0 Å². The summed E-state index contributed by atoms with van der Waals surface area (Å²) >= 11 is 0. The van der Waals surface area contributed by atoms with E-state index in [0.717, 1.165) is 4.31 Å². The van der Waals surface area contributed by atoms with Crippen LogP contribution in [-0.2, 0) is 19.7 Å². The Hall–Kier alpha value is -1.48. The second-order valence-corrected chi connectivity index (χ2v) is 6.41. The molecule has 0 spiro atoms. The van der Waals surface area contributed by atoms with Crippen molar-refractivity contribution in [1.82, 2.24) is 9.03 Å².